The molecule has 1 aliphatic carbocycles. The van der Waals surface area contributed by atoms with E-state index in [1.807, 2.05) is 24.3 Å². The summed E-state index contributed by atoms with van der Waals surface area (Å²) >= 11 is 0. The Balaban J connectivity index is 2.22. The molecule has 1 aliphatic rings. The minimum atomic E-state index is -0.405. The predicted molar refractivity (Wildman–Crippen MR) is 59.0 cm³/mol. The van der Waals surface area contributed by atoms with Crippen molar-refractivity contribution >= 4 is 5.97 Å². The lowest BCUT2D eigenvalue weighted by Crippen LogP contribution is -2.09. The lowest BCUT2D eigenvalue weighted by Gasteiger charge is -2.06. The first-order valence-corrected chi connectivity index (χ1v) is 5.15. The van der Waals surface area contributed by atoms with Crippen LogP contribution in [-0.2, 0) is 4.74 Å². The smallest absolute Gasteiger partial charge is 0.357 e. The van der Waals surface area contributed by atoms with Gasteiger partial charge in [-0.3, -0.25) is 0 Å². The van der Waals surface area contributed by atoms with E-state index in [2.05, 4.69) is 9.97 Å². The van der Waals surface area contributed by atoms with Gasteiger partial charge in [0, 0.05) is 5.92 Å². The molecule has 0 aliphatic heterocycles. The first kappa shape index (κ1) is 10.5. The number of nitrogens with zero attached hydrogens (tertiary/aromatic N) is 2. The number of aromatic nitrogens is 2. The van der Waals surface area contributed by atoms with E-state index in [4.69, 9.17) is 4.74 Å². The van der Waals surface area contributed by atoms with Crippen LogP contribution in [0.2, 0.25) is 0 Å². The van der Waals surface area contributed by atoms with Crippen molar-refractivity contribution in [1.82, 2.24) is 9.97 Å². The normalized spacial score (nSPS) is 14.3. The summed E-state index contributed by atoms with van der Waals surface area (Å²) in [6.45, 7) is 2.11. The van der Waals surface area contributed by atoms with E-state index in [0.29, 0.717) is 12.3 Å². The molecule has 0 fully saturated rings. The third-order valence-electron chi connectivity index (χ3n) is 2.26. The van der Waals surface area contributed by atoms with Crippen LogP contribution >= 0.6 is 0 Å². The molecule has 0 aromatic carbocycles. The van der Waals surface area contributed by atoms with Crippen molar-refractivity contribution in [3.8, 4) is 0 Å². The van der Waals surface area contributed by atoms with Crippen LogP contribution in [0.1, 0.15) is 29.0 Å². The first-order valence-electron chi connectivity index (χ1n) is 5.15. The largest absolute Gasteiger partial charge is 0.461 e. The Hall–Kier alpha value is -1.97. The predicted octanol–water partition coefficient (Wildman–Crippen LogP) is 1.86. The zero-order valence-electron chi connectivity index (χ0n) is 8.96. The Labute approximate surface area is 93.7 Å². The highest BCUT2D eigenvalue weighted by atomic mass is 16.5. The molecular weight excluding hydrogens is 204 g/mol. The summed E-state index contributed by atoms with van der Waals surface area (Å²) < 4.78 is 4.88. The fraction of sp³-hybridized carbons (Fsp3) is 0.250. The van der Waals surface area contributed by atoms with Gasteiger partial charge in [0.1, 0.15) is 6.33 Å². The van der Waals surface area contributed by atoms with Crippen molar-refractivity contribution in [3.63, 3.8) is 0 Å². The average molecular weight is 216 g/mol. The molecule has 4 nitrogen and oxygen atoms in total. The molecule has 1 heterocycles. The van der Waals surface area contributed by atoms with E-state index >= 15 is 0 Å². The number of hydrogen-bond acceptors (Lipinski definition) is 4. The second kappa shape index (κ2) is 4.70. The Morgan fingerprint density at radius 2 is 2.12 bits per heavy atom. The molecule has 2 rings (SSSR count). The standard InChI is InChI=1S/C12H12N2O2/c1-2-16-12(15)11-7-10(13-8-14-11)9-5-3-4-6-9/h3-9H,2H2,1H3. The van der Waals surface area contributed by atoms with Crippen molar-refractivity contribution < 1.29 is 9.53 Å². The molecule has 0 saturated carbocycles. The maximum Gasteiger partial charge on any atom is 0.357 e. The van der Waals surface area contributed by atoms with Crippen LogP contribution in [0, 0.1) is 0 Å². The molecule has 0 atom stereocenters. The number of carbonyl (C=O) groups excluding carboxylic acids is 1. The fourth-order valence-electron chi connectivity index (χ4n) is 1.50. The van der Waals surface area contributed by atoms with Gasteiger partial charge in [0.25, 0.3) is 0 Å². The summed E-state index contributed by atoms with van der Waals surface area (Å²) in [5.41, 5.74) is 1.11. The molecule has 4 heteroatoms. The number of ether oxygens (including phenoxy) is 1. The molecule has 0 saturated heterocycles. The lowest BCUT2D eigenvalue weighted by atomic mass is 10.1. The third kappa shape index (κ3) is 2.16. The van der Waals surface area contributed by atoms with Gasteiger partial charge in [0.15, 0.2) is 5.69 Å². The molecule has 0 spiro atoms. The van der Waals surface area contributed by atoms with Crippen LogP contribution in [0.3, 0.4) is 0 Å². The highest BCUT2D eigenvalue weighted by molar-refractivity contribution is 5.87. The van der Waals surface area contributed by atoms with E-state index in [1.54, 1.807) is 13.0 Å². The van der Waals surface area contributed by atoms with Gasteiger partial charge in [-0.2, -0.15) is 0 Å². The lowest BCUT2D eigenvalue weighted by molar-refractivity contribution is 0.0519. The number of allylic oxidation sites excluding steroid dienone is 4. The molecular formula is C12H12N2O2. The molecule has 82 valence electrons. The maximum absolute atomic E-state index is 11.5. The van der Waals surface area contributed by atoms with Gasteiger partial charge in [-0.25, -0.2) is 14.8 Å². The molecule has 0 radical (unpaired) electrons. The second-order valence-corrected chi connectivity index (χ2v) is 3.34. The fourth-order valence-corrected chi connectivity index (χ4v) is 1.50. The number of hydrogen-bond donors (Lipinski definition) is 0. The van der Waals surface area contributed by atoms with E-state index < -0.39 is 5.97 Å². The van der Waals surface area contributed by atoms with Gasteiger partial charge >= 0.3 is 5.97 Å². The molecule has 0 bridgehead atoms. The maximum atomic E-state index is 11.5. The molecule has 1 aromatic heterocycles. The van der Waals surface area contributed by atoms with Crippen LogP contribution in [0.25, 0.3) is 0 Å². The SMILES string of the molecule is CCOC(=O)c1cc(C2C=CC=C2)ncn1. The van der Waals surface area contributed by atoms with Gasteiger partial charge in [-0.05, 0) is 13.0 Å². The Bertz CT molecular complexity index is 440. The summed E-state index contributed by atoms with van der Waals surface area (Å²) in [5, 5.41) is 0. The second-order valence-electron chi connectivity index (χ2n) is 3.34. The van der Waals surface area contributed by atoms with E-state index in [-0.39, 0.29) is 5.92 Å². The summed E-state index contributed by atoms with van der Waals surface area (Å²) in [7, 11) is 0. The molecule has 0 N–H and O–H groups in total. The highest BCUT2D eigenvalue weighted by Gasteiger charge is 2.13. The summed E-state index contributed by atoms with van der Waals surface area (Å²) in [6.07, 6.45) is 9.32. The van der Waals surface area contributed by atoms with E-state index in [0.717, 1.165) is 5.69 Å². The van der Waals surface area contributed by atoms with Gasteiger partial charge in [-0.15, -0.1) is 0 Å². The number of rotatable bonds is 3. The molecule has 1 aromatic rings. The Morgan fingerprint density at radius 3 is 2.81 bits per heavy atom. The van der Waals surface area contributed by atoms with Gasteiger partial charge in [-0.1, -0.05) is 24.3 Å². The molecule has 16 heavy (non-hydrogen) atoms. The summed E-state index contributed by atoms with van der Waals surface area (Å²) in [4.78, 5) is 19.5. The zero-order chi connectivity index (χ0) is 11.4. The first-order chi connectivity index (χ1) is 7.81. The van der Waals surface area contributed by atoms with E-state index in [9.17, 15) is 4.79 Å². The summed E-state index contributed by atoms with van der Waals surface area (Å²) in [6, 6.07) is 1.67. The van der Waals surface area contributed by atoms with E-state index in [1.165, 1.54) is 6.33 Å². The Kier molecular flexibility index (Phi) is 3.10. The Morgan fingerprint density at radius 1 is 1.38 bits per heavy atom. The number of carbonyl (C=O) groups is 1. The van der Waals surface area contributed by atoms with Crippen molar-refractivity contribution in [3.05, 3.63) is 48.1 Å². The summed E-state index contributed by atoms with van der Waals surface area (Å²) in [5.74, 6) is -0.270. The number of esters is 1. The van der Waals surface area contributed by atoms with Crippen LogP contribution in [0.15, 0.2) is 36.7 Å². The van der Waals surface area contributed by atoms with Crippen molar-refractivity contribution in [1.29, 1.82) is 0 Å². The minimum absolute atomic E-state index is 0.135. The van der Waals surface area contributed by atoms with Crippen LogP contribution < -0.4 is 0 Å². The topological polar surface area (TPSA) is 52.1 Å². The monoisotopic (exact) mass is 216 g/mol. The van der Waals surface area contributed by atoms with Crippen LogP contribution in [0.5, 0.6) is 0 Å². The van der Waals surface area contributed by atoms with Crippen molar-refractivity contribution in [2.75, 3.05) is 6.61 Å². The van der Waals surface area contributed by atoms with Gasteiger partial charge < -0.3 is 4.74 Å². The van der Waals surface area contributed by atoms with Crippen molar-refractivity contribution in [2.24, 2.45) is 0 Å². The van der Waals surface area contributed by atoms with Gasteiger partial charge in [0.05, 0.1) is 12.3 Å². The zero-order valence-corrected chi connectivity index (χ0v) is 8.96. The van der Waals surface area contributed by atoms with Crippen LogP contribution in [-0.4, -0.2) is 22.5 Å². The minimum Gasteiger partial charge on any atom is -0.461 e. The quantitative estimate of drug-likeness (QED) is 0.724. The molecule has 0 amide bonds. The highest BCUT2D eigenvalue weighted by Crippen LogP contribution is 2.20. The van der Waals surface area contributed by atoms with Gasteiger partial charge in [0.2, 0.25) is 0 Å². The van der Waals surface area contributed by atoms with Crippen LogP contribution in [0.4, 0.5) is 0 Å². The average Bonchev–Trinajstić information content (AvgIpc) is 2.83. The van der Waals surface area contributed by atoms with Crippen molar-refractivity contribution in [2.45, 2.75) is 12.8 Å². The molecule has 0 unspecified atom stereocenters. The third-order valence-corrected chi connectivity index (χ3v) is 2.26.